The van der Waals surface area contributed by atoms with Gasteiger partial charge in [-0.1, -0.05) is 80.5 Å². The fourth-order valence-electron chi connectivity index (χ4n) is 3.09. The third-order valence-electron chi connectivity index (χ3n) is 5.36. The highest BCUT2D eigenvalue weighted by atomic mass is 32.1. The molecule has 2 N–H and O–H groups in total. The van der Waals surface area contributed by atoms with Gasteiger partial charge in [-0.25, -0.2) is 0 Å². The van der Waals surface area contributed by atoms with Crippen molar-refractivity contribution in [2.24, 2.45) is 5.92 Å². The molecule has 0 saturated carbocycles. The van der Waals surface area contributed by atoms with Crippen molar-refractivity contribution in [3.05, 3.63) is 65.2 Å². The summed E-state index contributed by atoms with van der Waals surface area (Å²) in [5.41, 5.74) is 3.81. The molecule has 0 aliphatic rings. The molecular weight excluding hydrogens is 408 g/mol. The van der Waals surface area contributed by atoms with Gasteiger partial charge in [-0.15, -0.1) is 10.2 Å². The molecule has 1 heterocycles. The Hall–Kier alpha value is -3.06. The Morgan fingerprint density at radius 3 is 2.29 bits per heavy atom. The minimum Gasteiger partial charge on any atom is -0.340 e. The zero-order valence-electron chi connectivity index (χ0n) is 18.3. The van der Waals surface area contributed by atoms with Gasteiger partial charge >= 0.3 is 0 Å². The number of anilines is 1. The topological polar surface area (TPSA) is 84.0 Å². The Morgan fingerprint density at radius 1 is 1.00 bits per heavy atom. The van der Waals surface area contributed by atoms with Crippen LogP contribution in [0.15, 0.2) is 48.5 Å². The fraction of sp³-hybridized carbons (Fsp3) is 0.333. The van der Waals surface area contributed by atoms with Crippen molar-refractivity contribution >= 4 is 28.3 Å². The maximum Gasteiger partial charge on any atom is 0.251 e. The average Bonchev–Trinajstić information content (AvgIpc) is 3.25. The molecule has 0 saturated heterocycles. The number of carbonyl (C=O) groups excluding carboxylic acids is 2. The molecule has 0 radical (unpaired) electrons. The summed E-state index contributed by atoms with van der Waals surface area (Å²) in [6.45, 7) is 8.03. The number of hydrogen-bond acceptors (Lipinski definition) is 5. The first-order valence-corrected chi connectivity index (χ1v) is 11.3. The van der Waals surface area contributed by atoms with Gasteiger partial charge in [0.1, 0.15) is 11.0 Å². The Balaban J connectivity index is 1.71. The van der Waals surface area contributed by atoms with Crippen LogP contribution < -0.4 is 10.6 Å². The summed E-state index contributed by atoms with van der Waals surface area (Å²) in [7, 11) is 0. The summed E-state index contributed by atoms with van der Waals surface area (Å²) in [5.74, 6) is -0.594. The van der Waals surface area contributed by atoms with Gasteiger partial charge in [-0.2, -0.15) is 0 Å². The molecule has 2 amide bonds. The lowest BCUT2D eigenvalue weighted by atomic mass is 9.98. The van der Waals surface area contributed by atoms with Crippen LogP contribution in [0.25, 0.3) is 10.6 Å². The number of rotatable bonds is 8. The van der Waals surface area contributed by atoms with Crippen molar-refractivity contribution in [1.29, 1.82) is 0 Å². The molecule has 0 fully saturated rings. The largest absolute Gasteiger partial charge is 0.340 e. The third kappa shape index (κ3) is 5.76. The van der Waals surface area contributed by atoms with Gasteiger partial charge in [0.05, 0.1) is 0 Å². The molecular formula is C24H28N4O2S. The van der Waals surface area contributed by atoms with E-state index in [9.17, 15) is 9.59 Å². The van der Waals surface area contributed by atoms with E-state index in [1.54, 1.807) is 12.1 Å². The standard InChI is InChI=1S/C24H28N4O2S/c1-5-16(4)20(25-21(29)18-13-9-17(6-2)10-14-18)22(30)26-24-28-27-23(31-24)19-11-7-15(3)8-12-19/h7-14,16,20H,5-6H2,1-4H3,(H,25,29)(H,26,28,30). The molecule has 31 heavy (non-hydrogen) atoms. The first-order valence-electron chi connectivity index (χ1n) is 10.5. The number of nitrogens with one attached hydrogen (secondary N) is 2. The van der Waals surface area contributed by atoms with Crippen molar-refractivity contribution in [2.45, 2.75) is 46.6 Å². The highest BCUT2D eigenvalue weighted by molar-refractivity contribution is 7.18. The van der Waals surface area contributed by atoms with Gasteiger partial charge in [-0.05, 0) is 37.0 Å². The van der Waals surface area contributed by atoms with Crippen LogP contribution in [0.5, 0.6) is 0 Å². The Labute approximate surface area is 187 Å². The summed E-state index contributed by atoms with van der Waals surface area (Å²) >= 11 is 1.31. The van der Waals surface area contributed by atoms with E-state index in [-0.39, 0.29) is 17.7 Å². The minimum absolute atomic E-state index is 0.0386. The van der Waals surface area contributed by atoms with Gasteiger partial charge in [0.2, 0.25) is 11.0 Å². The Morgan fingerprint density at radius 2 is 1.68 bits per heavy atom. The molecule has 0 aliphatic carbocycles. The van der Waals surface area contributed by atoms with E-state index in [1.165, 1.54) is 16.9 Å². The molecule has 3 aromatic rings. The maximum absolute atomic E-state index is 13.0. The average molecular weight is 437 g/mol. The van der Waals surface area contributed by atoms with Gasteiger partial charge < -0.3 is 5.32 Å². The van der Waals surface area contributed by atoms with E-state index in [4.69, 9.17) is 0 Å². The smallest absolute Gasteiger partial charge is 0.251 e. The van der Waals surface area contributed by atoms with Crippen molar-refractivity contribution < 1.29 is 9.59 Å². The molecule has 0 bridgehead atoms. The van der Waals surface area contributed by atoms with Crippen molar-refractivity contribution in [3.8, 4) is 10.6 Å². The van der Waals surface area contributed by atoms with Gasteiger partial charge in [-0.3, -0.25) is 14.9 Å². The lowest BCUT2D eigenvalue weighted by Gasteiger charge is -2.23. The molecule has 0 spiro atoms. The van der Waals surface area contributed by atoms with Crippen LogP contribution in [0.4, 0.5) is 5.13 Å². The van der Waals surface area contributed by atoms with Gasteiger partial charge in [0, 0.05) is 11.1 Å². The van der Waals surface area contributed by atoms with E-state index in [2.05, 4.69) is 27.8 Å². The second-order valence-electron chi connectivity index (χ2n) is 7.65. The predicted octanol–water partition coefficient (Wildman–Crippen LogP) is 4.86. The number of aryl methyl sites for hydroxylation is 2. The summed E-state index contributed by atoms with van der Waals surface area (Å²) in [5, 5.41) is 15.1. The minimum atomic E-state index is -0.671. The Bertz CT molecular complexity index is 1030. The molecule has 0 aliphatic heterocycles. The third-order valence-corrected chi connectivity index (χ3v) is 6.25. The number of benzene rings is 2. The second kappa shape index (κ2) is 10.3. The monoisotopic (exact) mass is 436 g/mol. The highest BCUT2D eigenvalue weighted by Crippen LogP contribution is 2.27. The van der Waals surface area contributed by atoms with E-state index in [0.29, 0.717) is 10.7 Å². The van der Waals surface area contributed by atoms with E-state index >= 15 is 0 Å². The van der Waals surface area contributed by atoms with Crippen LogP contribution in [0.1, 0.15) is 48.7 Å². The molecule has 2 aromatic carbocycles. The van der Waals surface area contributed by atoms with Crippen LogP contribution in [-0.4, -0.2) is 28.1 Å². The number of hydrogen-bond donors (Lipinski definition) is 2. The second-order valence-corrected chi connectivity index (χ2v) is 8.63. The lowest BCUT2D eigenvalue weighted by Crippen LogP contribution is -2.47. The van der Waals surface area contributed by atoms with Crippen molar-refractivity contribution in [3.63, 3.8) is 0 Å². The molecule has 1 aromatic heterocycles. The number of carbonyl (C=O) groups is 2. The van der Waals surface area contributed by atoms with Crippen molar-refractivity contribution in [1.82, 2.24) is 15.5 Å². The molecule has 3 rings (SSSR count). The number of nitrogens with zero attached hydrogens (tertiary/aromatic N) is 2. The van der Waals surface area contributed by atoms with E-state index in [1.807, 2.05) is 57.2 Å². The Kier molecular flexibility index (Phi) is 7.52. The van der Waals surface area contributed by atoms with Crippen LogP contribution >= 0.6 is 11.3 Å². The normalized spacial score (nSPS) is 12.8. The van der Waals surface area contributed by atoms with Crippen LogP contribution in [0.3, 0.4) is 0 Å². The maximum atomic E-state index is 13.0. The summed E-state index contributed by atoms with van der Waals surface area (Å²) in [6.07, 6.45) is 1.66. The lowest BCUT2D eigenvalue weighted by molar-refractivity contribution is -0.119. The zero-order valence-corrected chi connectivity index (χ0v) is 19.1. The predicted molar refractivity (Wildman–Crippen MR) is 125 cm³/mol. The van der Waals surface area contributed by atoms with Crippen molar-refractivity contribution in [2.75, 3.05) is 5.32 Å². The molecule has 2 unspecified atom stereocenters. The van der Waals surface area contributed by atoms with Gasteiger partial charge in [0.25, 0.3) is 5.91 Å². The molecule has 162 valence electrons. The first-order chi connectivity index (χ1) is 14.9. The quantitative estimate of drug-likeness (QED) is 0.528. The van der Waals surface area contributed by atoms with Crippen LogP contribution in [0.2, 0.25) is 0 Å². The van der Waals surface area contributed by atoms with Crippen LogP contribution in [-0.2, 0) is 11.2 Å². The molecule has 6 nitrogen and oxygen atoms in total. The summed E-state index contributed by atoms with van der Waals surface area (Å²) < 4.78 is 0. The molecule has 2 atom stereocenters. The zero-order chi connectivity index (χ0) is 22.4. The first kappa shape index (κ1) is 22.6. The van der Waals surface area contributed by atoms with E-state index < -0.39 is 6.04 Å². The number of amides is 2. The van der Waals surface area contributed by atoms with Gasteiger partial charge in [0.15, 0.2) is 0 Å². The SMILES string of the molecule is CCc1ccc(C(=O)NC(C(=O)Nc2nnc(-c3ccc(C)cc3)s2)C(C)CC)cc1. The summed E-state index contributed by atoms with van der Waals surface area (Å²) in [6, 6.07) is 14.8. The molecule has 7 heteroatoms. The number of aromatic nitrogens is 2. The van der Waals surface area contributed by atoms with Crippen LogP contribution in [0, 0.1) is 12.8 Å². The van der Waals surface area contributed by atoms with E-state index in [0.717, 1.165) is 29.0 Å². The highest BCUT2D eigenvalue weighted by Gasteiger charge is 2.27. The fourth-order valence-corrected chi connectivity index (χ4v) is 3.84. The summed E-state index contributed by atoms with van der Waals surface area (Å²) in [4.78, 5) is 25.7.